The second-order valence-electron chi connectivity index (χ2n) is 2.67. The van der Waals surface area contributed by atoms with E-state index in [0.717, 1.165) is 0 Å². The standard InChI is InChI=1S/C7H10N4O2S/c1-6-7(5-9-11-6)14(12,13)10-4-2-3-8/h5,10H,2,4H2,1H3,(H,9,11). The van der Waals surface area contributed by atoms with Crippen LogP contribution in [0.4, 0.5) is 0 Å². The highest BCUT2D eigenvalue weighted by Crippen LogP contribution is 2.10. The van der Waals surface area contributed by atoms with Crippen molar-refractivity contribution in [2.45, 2.75) is 18.2 Å². The highest BCUT2D eigenvalue weighted by molar-refractivity contribution is 7.89. The number of hydrogen-bond donors (Lipinski definition) is 2. The number of aromatic amines is 1. The van der Waals surface area contributed by atoms with E-state index >= 15 is 0 Å². The molecule has 1 aromatic heterocycles. The summed E-state index contributed by atoms with van der Waals surface area (Å²) in [5.41, 5.74) is 0.481. The molecular formula is C7H10N4O2S. The number of sulfonamides is 1. The van der Waals surface area contributed by atoms with Crippen molar-refractivity contribution in [3.8, 4) is 6.07 Å². The number of hydrogen-bond acceptors (Lipinski definition) is 4. The number of aromatic nitrogens is 2. The van der Waals surface area contributed by atoms with E-state index in [-0.39, 0.29) is 17.9 Å². The molecule has 0 aliphatic heterocycles. The third-order valence-corrected chi connectivity index (χ3v) is 3.18. The van der Waals surface area contributed by atoms with E-state index in [9.17, 15) is 8.42 Å². The van der Waals surface area contributed by atoms with Crippen LogP contribution in [-0.4, -0.2) is 25.2 Å². The number of nitriles is 1. The molecule has 76 valence electrons. The molecule has 1 heterocycles. The van der Waals surface area contributed by atoms with Crippen molar-refractivity contribution in [3.63, 3.8) is 0 Å². The van der Waals surface area contributed by atoms with E-state index in [4.69, 9.17) is 5.26 Å². The van der Waals surface area contributed by atoms with Gasteiger partial charge in [-0.2, -0.15) is 10.4 Å². The van der Waals surface area contributed by atoms with Crippen LogP contribution in [0.1, 0.15) is 12.1 Å². The number of nitrogens with zero attached hydrogens (tertiary/aromatic N) is 2. The Kier molecular flexibility index (Phi) is 3.22. The van der Waals surface area contributed by atoms with Gasteiger partial charge in [-0.3, -0.25) is 5.10 Å². The second kappa shape index (κ2) is 4.21. The summed E-state index contributed by atoms with van der Waals surface area (Å²) < 4.78 is 25.3. The quantitative estimate of drug-likeness (QED) is 0.684. The Hall–Kier alpha value is -1.39. The Morgan fingerprint density at radius 1 is 1.71 bits per heavy atom. The molecule has 0 bridgehead atoms. The SMILES string of the molecule is Cc1[nH]ncc1S(=O)(=O)NCCC#N. The molecule has 0 spiro atoms. The molecule has 0 atom stereocenters. The van der Waals surface area contributed by atoms with Gasteiger partial charge >= 0.3 is 0 Å². The first-order valence-electron chi connectivity index (χ1n) is 3.94. The monoisotopic (exact) mass is 214 g/mol. The van der Waals surface area contributed by atoms with E-state index in [1.54, 1.807) is 6.92 Å². The minimum atomic E-state index is -3.51. The Balaban J connectivity index is 2.78. The first-order valence-corrected chi connectivity index (χ1v) is 5.43. The van der Waals surface area contributed by atoms with E-state index in [1.807, 2.05) is 6.07 Å². The third-order valence-electron chi connectivity index (χ3n) is 1.60. The van der Waals surface area contributed by atoms with Gasteiger partial charge in [0.05, 0.1) is 18.0 Å². The lowest BCUT2D eigenvalue weighted by molar-refractivity contribution is 0.582. The molecule has 1 aromatic rings. The summed E-state index contributed by atoms with van der Waals surface area (Å²) >= 11 is 0. The molecule has 1 rings (SSSR count). The summed E-state index contributed by atoms with van der Waals surface area (Å²) in [6.07, 6.45) is 1.39. The number of aryl methyl sites for hydroxylation is 1. The third kappa shape index (κ3) is 2.31. The fourth-order valence-electron chi connectivity index (χ4n) is 0.930. The molecule has 0 radical (unpaired) electrons. The largest absolute Gasteiger partial charge is 0.281 e. The van der Waals surface area contributed by atoms with Gasteiger partial charge in [0.25, 0.3) is 0 Å². The molecule has 2 N–H and O–H groups in total. The lowest BCUT2D eigenvalue weighted by Crippen LogP contribution is -2.24. The Bertz CT molecular complexity index is 443. The highest BCUT2D eigenvalue weighted by Gasteiger charge is 2.17. The molecule has 0 aliphatic carbocycles. The van der Waals surface area contributed by atoms with Gasteiger partial charge in [-0.05, 0) is 6.92 Å². The summed E-state index contributed by atoms with van der Waals surface area (Å²) in [6.45, 7) is 1.73. The predicted octanol–water partition coefficient (Wildman–Crippen LogP) is -0.0899. The molecule has 14 heavy (non-hydrogen) atoms. The van der Waals surface area contributed by atoms with E-state index in [1.165, 1.54) is 6.20 Å². The first-order chi connectivity index (χ1) is 6.58. The first kappa shape index (κ1) is 10.7. The predicted molar refractivity (Wildman–Crippen MR) is 48.7 cm³/mol. The minimum absolute atomic E-state index is 0.115. The lowest BCUT2D eigenvalue weighted by atomic mass is 10.5. The minimum Gasteiger partial charge on any atom is -0.281 e. The van der Waals surface area contributed by atoms with Crippen molar-refractivity contribution in [1.29, 1.82) is 5.26 Å². The maximum absolute atomic E-state index is 11.5. The normalized spacial score (nSPS) is 11.1. The van der Waals surface area contributed by atoms with Crippen molar-refractivity contribution < 1.29 is 8.42 Å². The summed E-state index contributed by atoms with van der Waals surface area (Å²) in [5, 5.41) is 14.4. The number of nitrogens with one attached hydrogen (secondary N) is 2. The molecule has 0 saturated carbocycles. The second-order valence-corrected chi connectivity index (χ2v) is 4.40. The van der Waals surface area contributed by atoms with Crippen molar-refractivity contribution >= 4 is 10.0 Å². The van der Waals surface area contributed by atoms with Crippen LogP contribution in [0.5, 0.6) is 0 Å². The van der Waals surface area contributed by atoms with Crippen LogP contribution in [0, 0.1) is 18.3 Å². The van der Waals surface area contributed by atoms with Gasteiger partial charge in [0, 0.05) is 13.0 Å². The maximum Gasteiger partial charge on any atom is 0.243 e. The van der Waals surface area contributed by atoms with Crippen LogP contribution < -0.4 is 4.72 Å². The van der Waals surface area contributed by atoms with Gasteiger partial charge in [-0.15, -0.1) is 0 Å². The zero-order chi connectivity index (χ0) is 10.6. The van der Waals surface area contributed by atoms with Gasteiger partial charge in [0.2, 0.25) is 10.0 Å². The summed E-state index contributed by atoms with van der Waals surface area (Å²) in [4.78, 5) is 0.121. The molecule has 7 heteroatoms. The molecule has 0 fully saturated rings. The number of rotatable bonds is 4. The van der Waals surface area contributed by atoms with Gasteiger partial charge in [-0.25, -0.2) is 13.1 Å². The van der Waals surface area contributed by atoms with Crippen LogP contribution in [0.15, 0.2) is 11.1 Å². The fraction of sp³-hybridized carbons (Fsp3) is 0.429. The topological polar surface area (TPSA) is 98.6 Å². The molecule has 0 aliphatic rings. The Morgan fingerprint density at radius 2 is 2.43 bits per heavy atom. The molecule has 0 amide bonds. The van der Waals surface area contributed by atoms with Crippen molar-refractivity contribution in [1.82, 2.24) is 14.9 Å². The smallest absolute Gasteiger partial charge is 0.243 e. The van der Waals surface area contributed by atoms with Crippen LogP contribution in [0.25, 0.3) is 0 Å². The lowest BCUT2D eigenvalue weighted by Gasteiger charge is -2.02. The van der Waals surface area contributed by atoms with Crippen molar-refractivity contribution in [3.05, 3.63) is 11.9 Å². The highest BCUT2D eigenvalue weighted by atomic mass is 32.2. The summed E-state index contributed by atoms with van der Waals surface area (Å²) in [7, 11) is -3.51. The van der Waals surface area contributed by atoms with Gasteiger partial charge in [0.15, 0.2) is 0 Å². The van der Waals surface area contributed by atoms with E-state index in [2.05, 4.69) is 14.9 Å². The molecule has 0 saturated heterocycles. The van der Waals surface area contributed by atoms with Gasteiger partial charge in [0.1, 0.15) is 4.90 Å². The Labute approximate surface area is 82.0 Å². The van der Waals surface area contributed by atoms with Gasteiger partial charge < -0.3 is 0 Å². The van der Waals surface area contributed by atoms with Crippen molar-refractivity contribution in [2.75, 3.05) is 6.54 Å². The summed E-state index contributed by atoms with van der Waals surface area (Å²) in [6, 6.07) is 1.85. The average Bonchev–Trinajstić information content (AvgIpc) is 2.52. The molecule has 6 nitrogen and oxygen atoms in total. The van der Waals surface area contributed by atoms with Crippen molar-refractivity contribution in [2.24, 2.45) is 0 Å². The average molecular weight is 214 g/mol. The molecular weight excluding hydrogens is 204 g/mol. The Morgan fingerprint density at radius 3 is 2.93 bits per heavy atom. The van der Waals surface area contributed by atoms with Crippen LogP contribution in [-0.2, 0) is 10.0 Å². The van der Waals surface area contributed by atoms with Gasteiger partial charge in [-0.1, -0.05) is 0 Å². The fourth-order valence-corrected chi connectivity index (χ4v) is 2.10. The number of H-pyrrole nitrogens is 1. The van der Waals surface area contributed by atoms with E-state index in [0.29, 0.717) is 5.69 Å². The zero-order valence-electron chi connectivity index (χ0n) is 7.61. The van der Waals surface area contributed by atoms with E-state index < -0.39 is 10.0 Å². The van der Waals surface area contributed by atoms with Crippen LogP contribution in [0.2, 0.25) is 0 Å². The molecule has 0 unspecified atom stereocenters. The zero-order valence-corrected chi connectivity index (χ0v) is 8.43. The van der Waals surface area contributed by atoms with Crippen LogP contribution in [0.3, 0.4) is 0 Å². The molecule has 0 aromatic carbocycles. The summed E-state index contributed by atoms with van der Waals surface area (Å²) in [5.74, 6) is 0. The maximum atomic E-state index is 11.5. The van der Waals surface area contributed by atoms with Crippen LogP contribution >= 0.6 is 0 Å².